The van der Waals surface area contributed by atoms with Crippen molar-refractivity contribution in [1.82, 2.24) is 19.9 Å². The summed E-state index contributed by atoms with van der Waals surface area (Å²) >= 11 is 0. The van der Waals surface area contributed by atoms with Crippen LogP contribution in [0.3, 0.4) is 0 Å². The zero-order valence-corrected chi connectivity index (χ0v) is 14.4. The maximum Gasteiger partial charge on any atom is 0.225 e. The number of unbranched alkanes of at least 4 members (excludes halogenated alkanes) is 1. The van der Waals surface area contributed by atoms with E-state index in [1.807, 2.05) is 4.68 Å². The monoisotopic (exact) mass is 318 g/mol. The van der Waals surface area contributed by atoms with Crippen molar-refractivity contribution < 1.29 is 4.79 Å². The molecule has 3 rings (SSSR count). The molecule has 0 unspecified atom stereocenters. The first-order valence-electron chi connectivity index (χ1n) is 9.44. The van der Waals surface area contributed by atoms with E-state index in [0.717, 1.165) is 51.0 Å². The minimum atomic E-state index is 0.306. The van der Waals surface area contributed by atoms with Gasteiger partial charge in [0.15, 0.2) is 0 Å². The molecule has 0 radical (unpaired) electrons. The van der Waals surface area contributed by atoms with Gasteiger partial charge in [0.2, 0.25) is 5.91 Å². The molecule has 2 fully saturated rings. The van der Waals surface area contributed by atoms with Gasteiger partial charge in [-0.05, 0) is 44.4 Å². The molecule has 1 aromatic heterocycles. The first kappa shape index (κ1) is 16.5. The summed E-state index contributed by atoms with van der Waals surface area (Å²) in [6.45, 7) is 4.94. The van der Waals surface area contributed by atoms with Crippen molar-refractivity contribution in [3.8, 4) is 0 Å². The molecule has 0 aromatic carbocycles. The fourth-order valence-electron chi connectivity index (χ4n) is 4.01. The summed E-state index contributed by atoms with van der Waals surface area (Å²) in [6, 6.07) is 0. The molecule has 0 spiro atoms. The normalized spacial score (nSPS) is 22.7. The van der Waals surface area contributed by atoms with E-state index in [0.29, 0.717) is 17.7 Å². The summed E-state index contributed by atoms with van der Waals surface area (Å²) < 4.78 is 1.99. The second kappa shape index (κ2) is 7.93. The van der Waals surface area contributed by atoms with Gasteiger partial charge < -0.3 is 4.90 Å². The van der Waals surface area contributed by atoms with Crippen LogP contribution in [0, 0.1) is 11.8 Å². The van der Waals surface area contributed by atoms with Crippen LogP contribution in [-0.4, -0.2) is 38.9 Å². The van der Waals surface area contributed by atoms with Crippen molar-refractivity contribution in [3.05, 3.63) is 11.9 Å². The summed E-state index contributed by atoms with van der Waals surface area (Å²) in [7, 11) is 0. The topological polar surface area (TPSA) is 51.0 Å². The van der Waals surface area contributed by atoms with Crippen LogP contribution in [0.15, 0.2) is 6.20 Å². The summed E-state index contributed by atoms with van der Waals surface area (Å²) in [5, 5.41) is 8.54. The van der Waals surface area contributed by atoms with Gasteiger partial charge in [0, 0.05) is 31.7 Å². The molecule has 1 aliphatic heterocycles. The van der Waals surface area contributed by atoms with Gasteiger partial charge >= 0.3 is 0 Å². The van der Waals surface area contributed by atoms with Crippen molar-refractivity contribution in [2.24, 2.45) is 11.8 Å². The highest BCUT2D eigenvalue weighted by Crippen LogP contribution is 2.28. The zero-order valence-electron chi connectivity index (χ0n) is 14.4. The molecule has 128 valence electrons. The molecule has 0 bridgehead atoms. The molecular weight excluding hydrogens is 288 g/mol. The van der Waals surface area contributed by atoms with Crippen LogP contribution in [-0.2, 0) is 17.8 Å². The smallest absolute Gasteiger partial charge is 0.225 e. The highest BCUT2D eigenvalue weighted by atomic mass is 16.2. The lowest BCUT2D eigenvalue weighted by Crippen LogP contribution is -2.43. The minimum absolute atomic E-state index is 0.306. The van der Waals surface area contributed by atoms with E-state index in [1.165, 1.54) is 32.1 Å². The molecule has 1 atom stereocenters. The summed E-state index contributed by atoms with van der Waals surface area (Å²) in [4.78, 5) is 14.7. The van der Waals surface area contributed by atoms with Crippen LogP contribution in [0.1, 0.15) is 64.0 Å². The van der Waals surface area contributed by atoms with Gasteiger partial charge in [-0.2, -0.15) is 0 Å². The lowest BCUT2D eigenvalue weighted by atomic mass is 9.96. The van der Waals surface area contributed by atoms with E-state index in [-0.39, 0.29) is 0 Å². The minimum Gasteiger partial charge on any atom is -0.342 e. The Kier molecular flexibility index (Phi) is 5.68. The maximum atomic E-state index is 12.6. The van der Waals surface area contributed by atoms with E-state index in [4.69, 9.17) is 0 Å². The van der Waals surface area contributed by atoms with E-state index < -0.39 is 0 Å². The fraction of sp³-hybridized carbons (Fsp3) is 0.833. The molecule has 0 N–H and O–H groups in total. The Balaban J connectivity index is 1.51. The summed E-state index contributed by atoms with van der Waals surface area (Å²) in [5.74, 6) is 1.24. The van der Waals surface area contributed by atoms with Crippen LogP contribution >= 0.6 is 0 Å². The lowest BCUT2D eigenvalue weighted by molar-refractivity contribution is -0.137. The molecule has 1 aliphatic carbocycles. The van der Waals surface area contributed by atoms with E-state index in [1.54, 1.807) is 0 Å². The fourth-order valence-corrected chi connectivity index (χ4v) is 4.01. The summed E-state index contributed by atoms with van der Waals surface area (Å²) in [6.07, 6.45) is 12.5. The number of piperidine rings is 1. The second-order valence-electron chi connectivity index (χ2n) is 7.31. The predicted octanol–water partition coefficient (Wildman–Crippen LogP) is 3.05. The lowest BCUT2D eigenvalue weighted by Gasteiger charge is -2.34. The van der Waals surface area contributed by atoms with Gasteiger partial charge in [-0.3, -0.25) is 9.48 Å². The Labute approximate surface area is 139 Å². The average molecular weight is 318 g/mol. The van der Waals surface area contributed by atoms with Crippen LogP contribution in [0.5, 0.6) is 0 Å². The number of nitrogens with zero attached hydrogens (tertiary/aromatic N) is 4. The highest BCUT2D eigenvalue weighted by molar-refractivity contribution is 5.79. The number of hydrogen-bond donors (Lipinski definition) is 0. The third-order valence-corrected chi connectivity index (χ3v) is 5.35. The predicted molar refractivity (Wildman–Crippen MR) is 89.9 cm³/mol. The molecule has 1 aromatic rings. The summed E-state index contributed by atoms with van der Waals surface area (Å²) in [5.41, 5.74) is 1.10. The van der Waals surface area contributed by atoms with Gasteiger partial charge in [0.25, 0.3) is 0 Å². The Bertz CT molecular complexity index is 507. The van der Waals surface area contributed by atoms with Crippen LogP contribution in [0.2, 0.25) is 0 Å². The van der Waals surface area contributed by atoms with Gasteiger partial charge in [-0.1, -0.05) is 31.4 Å². The van der Waals surface area contributed by atoms with Crippen LogP contribution < -0.4 is 0 Å². The molecule has 23 heavy (non-hydrogen) atoms. The molecular formula is C18H30N4O. The van der Waals surface area contributed by atoms with Gasteiger partial charge in [0.05, 0.1) is 5.69 Å². The molecule has 2 aliphatic rings. The number of carbonyl (C=O) groups excluding carboxylic acids is 1. The SMILES string of the molecule is CCCCc1cn(C[C@@H]2CCCN(C(=O)C3CCCC3)C2)nn1. The standard InChI is InChI=1S/C18H30N4O/c1-2-3-10-17-14-22(20-19-17)13-15-7-6-11-21(12-15)18(23)16-8-4-5-9-16/h14-16H,2-13H2,1H3/t15-/m1/s1. The Morgan fingerprint density at radius 1 is 1.26 bits per heavy atom. The van der Waals surface area contributed by atoms with Crippen LogP contribution in [0.25, 0.3) is 0 Å². The quantitative estimate of drug-likeness (QED) is 0.810. The maximum absolute atomic E-state index is 12.6. The van der Waals surface area contributed by atoms with E-state index in [2.05, 4.69) is 28.3 Å². The first-order valence-corrected chi connectivity index (χ1v) is 9.44. The third kappa shape index (κ3) is 4.33. The van der Waals surface area contributed by atoms with Crippen molar-refractivity contribution in [1.29, 1.82) is 0 Å². The van der Waals surface area contributed by atoms with Gasteiger partial charge in [0.1, 0.15) is 0 Å². The molecule has 1 saturated carbocycles. The number of amides is 1. The molecule has 1 amide bonds. The average Bonchev–Trinajstić information content (AvgIpc) is 3.24. The Morgan fingerprint density at radius 2 is 2.09 bits per heavy atom. The van der Waals surface area contributed by atoms with Crippen LogP contribution in [0.4, 0.5) is 0 Å². The molecule has 5 heteroatoms. The number of hydrogen-bond acceptors (Lipinski definition) is 3. The Hall–Kier alpha value is -1.39. The number of aromatic nitrogens is 3. The second-order valence-corrected chi connectivity index (χ2v) is 7.31. The Morgan fingerprint density at radius 3 is 2.87 bits per heavy atom. The van der Waals surface area contributed by atoms with E-state index in [9.17, 15) is 4.79 Å². The van der Waals surface area contributed by atoms with Crippen molar-refractivity contribution >= 4 is 5.91 Å². The van der Waals surface area contributed by atoms with Crippen molar-refractivity contribution in [2.75, 3.05) is 13.1 Å². The van der Waals surface area contributed by atoms with E-state index >= 15 is 0 Å². The first-order chi connectivity index (χ1) is 11.3. The third-order valence-electron chi connectivity index (χ3n) is 5.35. The van der Waals surface area contributed by atoms with Gasteiger partial charge in [-0.15, -0.1) is 5.10 Å². The number of aryl methyl sites for hydroxylation is 1. The number of likely N-dealkylation sites (tertiary alicyclic amines) is 1. The largest absolute Gasteiger partial charge is 0.342 e. The van der Waals surface area contributed by atoms with Crippen molar-refractivity contribution in [3.63, 3.8) is 0 Å². The molecule has 1 saturated heterocycles. The number of rotatable bonds is 6. The molecule has 2 heterocycles. The number of carbonyl (C=O) groups is 1. The zero-order chi connectivity index (χ0) is 16.1. The molecule has 5 nitrogen and oxygen atoms in total. The van der Waals surface area contributed by atoms with Crippen molar-refractivity contribution in [2.45, 2.75) is 71.3 Å². The highest BCUT2D eigenvalue weighted by Gasteiger charge is 2.30. The van der Waals surface area contributed by atoms with Gasteiger partial charge in [-0.25, -0.2) is 0 Å².